The Bertz CT molecular complexity index is 1440. The molecule has 1 unspecified atom stereocenters. The molecule has 1 aliphatic heterocycles. The van der Waals surface area contributed by atoms with E-state index in [0.717, 1.165) is 16.8 Å². The van der Waals surface area contributed by atoms with Crippen LogP contribution in [0.4, 0.5) is 10.1 Å². The zero-order valence-corrected chi connectivity index (χ0v) is 18.0. The molecule has 4 aromatic rings. The molecule has 1 N–H and O–H groups in total. The highest BCUT2D eigenvalue weighted by molar-refractivity contribution is 6.52. The summed E-state index contributed by atoms with van der Waals surface area (Å²) in [7, 11) is 0. The first-order valence-corrected chi connectivity index (χ1v) is 10.6. The zero-order chi connectivity index (χ0) is 23.1. The number of aliphatic hydroxyl groups excluding tert-OH is 1. The molecule has 1 aliphatic rings. The lowest BCUT2D eigenvalue weighted by Gasteiger charge is -2.25. The summed E-state index contributed by atoms with van der Waals surface area (Å²) in [5.41, 5.74) is 1.29. The molecule has 0 spiro atoms. The first kappa shape index (κ1) is 20.9. The number of hydrogen-bond donors (Lipinski definition) is 1. The van der Waals surface area contributed by atoms with Gasteiger partial charge in [0.15, 0.2) is 0 Å². The van der Waals surface area contributed by atoms with Crippen LogP contribution in [0.15, 0.2) is 96.6 Å². The number of Topliss-reactive ketones (excluding diaryl/α,β-unsaturated/α-hetero) is 1. The van der Waals surface area contributed by atoms with Crippen molar-refractivity contribution in [2.24, 2.45) is 0 Å². The standard InChI is InChI=1S/C27H17ClFNO3/c28-21-15-18(13-14-22(21)29)30-24(17-8-2-1-3-9-17)23(26(32)27(30)33)25(31)20-12-6-10-16-7-4-5-11-19(16)20/h1-15,24,31H/b25-23-. The van der Waals surface area contributed by atoms with Gasteiger partial charge in [0, 0.05) is 11.3 Å². The highest BCUT2D eigenvalue weighted by Gasteiger charge is 2.47. The number of benzene rings is 4. The van der Waals surface area contributed by atoms with Crippen molar-refractivity contribution in [1.29, 1.82) is 0 Å². The summed E-state index contributed by atoms with van der Waals surface area (Å²) in [6.45, 7) is 0. The fraction of sp³-hybridized carbons (Fsp3) is 0.0370. The third-order valence-corrected chi connectivity index (χ3v) is 6.08. The highest BCUT2D eigenvalue weighted by atomic mass is 35.5. The Morgan fingerprint density at radius 3 is 2.33 bits per heavy atom. The number of nitrogens with zero attached hydrogens (tertiary/aromatic N) is 1. The Kier molecular flexibility index (Phi) is 5.19. The minimum atomic E-state index is -0.910. The molecule has 162 valence electrons. The normalized spacial score (nSPS) is 17.6. The van der Waals surface area contributed by atoms with Crippen molar-refractivity contribution in [2.75, 3.05) is 4.90 Å². The van der Waals surface area contributed by atoms with Crippen molar-refractivity contribution in [2.45, 2.75) is 6.04 Å². The van der Waals surface area contributed by atoms with E-state index in [-0.39, 0.29) is 22.0 Å². The fourth-order valence-corrected chi connectivity index (χ4v) is 4.44. The number of carbonyl (C=O) groups is 2. The number of anilines is 1. The van der Waals surface area contributed by atoms with Crippen LogP contribution in [0.1, 0.15) is 17.2 Å². The molecule has 1 heterocycles. The average Bonchev–Trinajstić information content (AvgIpc) is 3.11. The smallest absolute Gasteiger partial charge is 0.300 e. The lowest BCUT2D eigenvalue weighted by atomic mass is 9.93. The lowest BCUT2D eigenvalue weighted by Crippen LogP contribution is -2.29. The summed E-state index contributed by atoms with van der Waals surface area (Å²) >= 11 is 5.97. The highest BCUT2D eigenvalue weighted by Crippen LogP contribution is 2.43. The number of rotatable bonds is 3. The average molecular weight is 458 g/mol. The van der Waals surface area contributed by atoms with Crippen molar-refractivity contribution >= 4 is 45.5 Å². The largest absolute Gasteiger partial charge is 0.507 e. The molecular weight excluding hydrogens is 441 g/mol. The summed E-state index contributed by atoms with van der Waals surface area (Å²) in [5, 5.41) is 12.9. The van der Waals surface area contributed by atoms with Crippen LogP contribution in [-0.2, 0) is 9.59 Å². The summed E-state index contributed by atoms with van der Waals surface area (Å²) in [6, 6.07) is 24.7. The van der Waals surface area contributed by atoms with Gasteiger partial charge in [0.05, 0.1) is 16.6 Å². The Morgan fingerprint density at radius 1 is 0.879 bits per heavy atom. The number of carbonyl (C=O) groups excluding carboxylic acids is 2. The van der Waals surface area contributed by atoms with E-state index in [2.05, 4.69) is 0 Å². The van der Waals surface area contributed by atoms with E-state index < -0.39 is 23.5 Å². The Morgan fingerprint density at radius 2 is 1.58 bits per heavy atom. The van der Waals surface area contributed by atoms with Crippen molar-refractivity contribution in [1.82, 2.24) is 0 Å². The second kappa shape index (κ2) is 8.19. The first-order chi connectivity index (χ1) is 16.0. The summed E-state index contributed by atoms with van der Waals surface area (Å²) in [6.07, 6.45) is 0. The number of ketones is 1. The second-order valence-electron chi connectivity index (χ2n) is 7.70. The van der Waals surface area contributed by atoms with Gasteiger partial charge in [0.2, 0.25) is 0 Å². The minimum Gasteiger partial charge on any atom is -0.507 e. The van der Waals surface area contributed by atoms with E-state index in [1.54, 1.807) is 36.4 Å². The molecular formula is C27H17ClFNO3. The second-order valence-corrected chi connectivity index (χ2v) is 8.11. The molecule has 0 aromatic heterocycles. The molecule has 5 rings (SSSR count). The van der Waals surface area contributed by atoms with Crippen molar-refractivity contribution in [3.8, 4) is 0 Å². The molecule has 6 heteroatoms. The molecule has 0 radical (unpaired) electrons. The van der Waals surface area contributed by atoms with E-state index in [4.69, 9.17) is 11.6 Å². The van der Waals surface area contributed by atoms with Crippen molar-refractivity contribution < 1.29 is 19.1 Å². The van der Waals surface area contributed by atoms with Crippen LogP contribution < -0.4 is 4.90 Å². The van der Waals surface area contributed by atoms with Gasteiger partial charge in [-0.3, -0.25) is 14.5 Å². The maximum Gasteiger partial charge on any atom is 0.300 e. The van der Waals surface area contributed by atoms with Crippen molar-refractivity contribution in [3.63, 3.8) is 0 Å². The van der Waals surface area contributed by atoms with E-state index in [0.29, 0.717) is 11.1 Å². The third-order valence-electron chi connectivity index (χ3n) is 5.79. The fourth-order valence-electron chi connectivity index (χ4n) is 4.26. The van der Waals surface area contributed by atoms with Gasteiger partial charge >= 0.3 is 0 Å². The topological polar surface area (TPSA) is 57.6 Å². The van der Waals surface area contributed by atoms with Crippen LogP contribution in [0.25, 0.3) is 16.5 Å². The molecule has 0 bridgehead atoms. The van der Waals surface area contributed by atoms with Gasteiger partial charge in [0.1, 0.15) is 11.6 Å². The van der Waals surface area contributed by atoms with E-state index in [1.165, 1.54) is 17.0 Å². The Labute approximate surface area is 194 Å². The number of aliphatic hydroxyl groups is 1. The number of hydrogen-bond acceptors (Lipinski definition) is 3. The van der Waals surface area contributed by atoms with Crippen LogP contribution in [0.3, 0.4) is 0 Å². The predicted molar refractivity (Wildman–Crippen MR) is 127 cm³/mol. The molecule has 1 fully saturated rings. The molecule has 4 aromatic carbocycles. The Balaban J connectivity index is 1.77. The molecule has 1 atom stereocenters. The monoisotopic (exact) mass is 457 g/mol. The van der Waals surface area contributed by atoms with E-state index >= 15 is 0 Å². The van der Waals surface area contributed by atoms with Gasteiger partial charge in [-0.2, -0.15) is 0 Å². The van der Waals surface area contributed by atoms with Crippen molar-refractivity contribution in [3.05, 3.63) is 119 Å². The Hall–Kier alpha value is -3.96. The molecule has 0 saturated carbocycles. The summed E-state index contributed by atoms with van der Waals surface area (Å²) < 4.78 is 13.8. The van der Waals surface area contributed by atoms with Crippen LogP contribution >= 0.6 is 11.6 Å². The predicted octanol–water partition coefficient (Wildman–Crippen LogP) is 6.26. The maximum atomic E-state index is 13.8. The van der Waals surface area contributed by atoms with Crippen LogP contribution in [0.2, 0.25) is 5.02 Å². The molecule has 33 heavy (non-hydrogen) atoms. The van der Waals surface area contributed by atoms with Gasteiger partial charge in [0.25, 0.3) is 11.7 Å². The molecule has 1 amide bonds. The first-order valence-electron chi connectivity index (χ1n) is 10.3. The number of amides is 1. The van der Waals surface area contributed by atoms with E-state index in [1.807, 2.05) is 36.4 Å². The minimum absolute atomic E-state index is 0.0389. The van der Waals surface area contributed by atoms with Gasteiger partial charge < -0.3 is 5.11 Å². The van der Waals surface area contributed by atoms with Gasteiger partial charge in [-0.25, -0.2) is 4.39 Å². The van der Waals surface area contributed by atoms with Crippen LogP contribution in [-0.4, -0.2) is 16.8 Å². The van der Waals surface area contributed by atoms with Crippen LogP contribution in [0, 0.1) is 5.82 Å². The number of halogens is 2. The van der Waals surface area contributed by atoms with Gasteiger partial charge in [-0.15, -0.1) is 0 Å². The van der Waals surface area contributed by atoms with E-state index in [9.17, 15) is 19.1 Å². The zero-order valence-electron chi connectivity index (χ0n) is 17.2. The summed E-state index contributed by atoms with van der Waals surface area (Å²) in [4.78, 5) is 27.7. The molecule has 1 saturated heterocycles. The van der Waals surface area contributed by atoms with Crippen LogP contribution in [0.5, 0.6) is 0 Å². The quantitative estimate of drug-likeness (QED) is 0.224. The number of fused-ring (bicyclic) bond motifs is 1. The SMILES string of the molecule is O=C1C(=O)N(c2ccc(F)c(Cl)c2)C(c2ccccc2)/C1=C(/O)c1cccc2ccccc12. The van der Waals surface area contributed by atoms with Gasteiger partial charge in [-0.1, -0.05) is 84.4 Å². The van der Waals surface area contributed by atoms with Gasteiger partial charge in [-0.05, 0) is 34.5 Å². The third kappa shape index (κ3) is 3.47. The summed E-state index contributed by atoms with van der Waals surface area (Å²) in [5.74, 6) is -2.55. The molecule has 0 aliphatic carbocycles. The molecule has 4 nitrogen and oxygen atoms in total. The lowest BCUT2D eigenvalue weighted by molar-refractivity contribution is -0.132. The maximum absolute atomic E-state index is 13.8.